The van der Waals surface area contributed by atoms with Crippen molar-refractivity contribution in [2.45, 2.75) is 6.61 Å². The van der Waals surface area contributed by atoms with Gasteiger partial charge in [-0.2, -0.15) is 0 Å². The van der Waals surface area contributed by atoms with Crippen LogP contribution in [0.2, 0.25) is 10.0 Å². The Morgan fingerprint density at radius 3 is 2.50 bits per heavy atom. The molecule has 0 aliphatic carbocycles. The van der Waals surface area contributed by atoms with Gasteiger partial charge in [0, 0.05) is 21.7 Å². The van der Waals surface area contributed by atoms with Gasteiger partial charge in [-0.1, -0.05) is 29.3 Å². The number of ether oxygens (including phenoxy) is 1. The third-order valence-corrected chi connectivity index (χ3v) is 3.19. The molecule has 104 valence electrons. The molecule has 3 nitrogen and oxygen atoms in total. The van der Waals surface area contributed by atoms with E-state index in [-0.39, 0.29) is 17.8 Å². The molecule has 0 spiro atoms. The molecule has 0 aliphatic rings. The maximum atomic E-state index is 13.3. The third-order valence-electron chi connectivity index (χ3n) is 2.60. The van der Waals surface area contributed by atoms with E-state index in [1.165, 1.54) is 6.07 Å². The first kappa shape index (κ1) is 15.1. The Labute approximate surface area is 125 Å². The van der Waals surface area contributed by atoms with Gasteiger partial charge >= 0.3 is 7.12 Å². The fourth-order valence-corrected chi connectivity index (χ4v) is 2.08. The zero-order valence-corrected chi connectivity index (χ0v) is 11.7. The molecule has 2 aromatic rings. The normalized spacial score (nSPS) is 10.4. The molecule has 20 heavy (non-hydrogen) atoms. The molecule has 0 unspecified atom stereocenters. The maximum Gasteiger partial charge on any atom is 0.488 e. The van der Waals surface area contributed by atoms with Crippen molar-refractivity contribution in [3.05, 3.63) is 57.8 Å². The van der Waals surface area contributed by atoms with E-state index in [9.17, 15) is 4.39 Å². The summed E-state index contributed by atoms with van der Waals surface area (Å²) in [5.41, 5.74) is 0.702. The van der Waals surface area contributed by atoms with Crippen LogP contribution in [-0.2, 0) is 6.61 Å². The van der Waals surface area contributed by atoms with Crippen molar-refractivity contribution in [2.75, 3.05) is 0 Å². The monoisotopic (exact) mass is 314 g/mol. The Bertz CT molecular complexity index is 623. The number of rotatable bonds is 4. The predicted octanol–water partition coefficient (Wildman–Crippen LogP) is 2.39. The molecule has 2 aromatic carbocycles. The highest BCUT2D eigenvalue weighted by Crippen LogP contribution is 2.22. The quantitative estimate of drug-likeness (QED) is 0.852. The van der Waals surface area contributed by atoms with Gasteiger partial charge in [0.25, 0.3) is 0 Å². The van der Waals surface area contributed by atoms with Gasteiger partial charge < -0.3 is 14.8 Å². The summed E-state index contributed by atoms with van der Waals surface area (Å²) < 4.78 is 18.7. The van der Waals surface area contributed by atoms with E-state index < -0.39 is 12.9 Å². The van der Waals surface area contributed by atoms with Gasteiger partial charge in [0.1, 0.15) is 18.2 Å². The number of hydrogen-bond acceptors (Lipinski definition) is 3. The van der Waals surface area contributed by atoms with Crippen LogP contribution in [-0.4, -0.2) is 17.2 Å². The largest absolute Gasteiger partial charge is 0.489 e. The first-order chi connectivity index (χ1) is 9.45. The molecule has 0 aromatic heterocycles. The van der Waals surface area contributed by atoms with Crippen LogP contribution in [0.5, 0.6) is 5.75 Å². The van der Waals surface area contributed by atoms with Crippen molar-refractivity contribution < 1.29 is 19.2 Å². The summed E-state index contributed by atoms with van der Waals surface area (Å²) in [6, 6.07) is 8.46. The molecule has 0 fully saturated rings. The predicted molar refractivity (Wildman–Crippen MR) is 77.0 cm³/mol. The minimum atomic E-state index is -1.76. The van der Waals surface area contributed by atoms with E-state index in [4.69, 9.17) is 38.0 Å². The summed E-state index contributed by atoms with van der Waals surface area (Å²) in [5, 5.41) is 19.0. The molecular weight excluding hydrogens is 305 g/mol. The fraction of sp³-hybridized carbons (Fsp3) is 0.0769. The first-order valence-electron chi connectivity index (χ1n) is 5.69. The van der Waals surface area contributed by atoms with Crippen molar-refractivity contribution in [1.29, 1.82) is 0 Å². The van der Waals surface area contributed by atoms with E-state index >= 15 is 0 Å². The lowest BCUT2D eigenvalue weighted by Crippen LogP contribution is -2.30. The second-order valence-corrected chi connectivity index (χ2v) is 4.96. The SMILES string of the molecule is OB(O)c1cc(F)cc(OCc2ccc(Cl)cc2Cl)c1. The molecule has 0 saturated heterocycles. The summed E-state index contributed by atoms with van der Waals surface area (Å²) in [7, 11) is -1.76. The highest BCUT2D eigenvalue weighted by Gasteiger charge is 2.14. The standard InChI is InChI=1S/C13H10BCl2FO3/c15-10-2-1-8(13(16)5-10)7-20-12-4-9(14(18)19)3-11(17)6-12/h1-6,18-19H,7H2. The number of halogens is 3. The van der Waals surface area contributed by atoms with Gasteiger partial charge in [-0.25, -0.2) is 4.39 Å². The summed E-state index contributed by atoms with van der Waals surface area (Å²) in [6.07, 6.45) is 0. The molecule has 0 radical (unpaired) electrons. The van der Waals surface area contributed by atoms with Crippen molar-refractivity contribution in [2.24, 2.45) is 0 Å². The lowest BCUT2D eigenvalue weighted by atomic mass is 9.80. The zero-order valence-electron chi connectivity index (χ0n) is 10.2. The van der Waals surface area contributed by atoms with Gasteiger partial charge in [0.2, 0.25) is 0 Å². The first-order valence-corrected chi connectivity index (χ1v) is 6.44. The molecular formula is C13H10BCl2FO3. The molecule has 7 heteroatoms. The minimum absolute atomic E-state index is 0.0159. The molecule has 0 heterocycles. The van der Waals surface area contributed by atoms with Crippen LogP contribution >= 0.6 is 23.2 Å². The molecule has 0 bridgehead atoms. The third kappa shape index (κ3) is 3.87. The van der Waals surface area contributed by atoms with Crippen LogP contribution in [0.15, 0.2) is 36.4 Å². The molecule has 0 aliphatic heterocycles. The Kier molecular flexibility index (Phi) is 4.88. The summed E-state index contributed by atoms with van der Waals surface area (Å²) in [6.45, 7) is 0.112. The van der Waals surface area contributed by atoms with Gasteiger partial charge in [0.05, 0.1) is 0 Å². The summed E-state index contributed by atoms with van der Waals surface area (Å²) in [5.74, 6) is -0.438. The van der Waals surface area contributed by atoms with Gasteiger partial charge in [-0.15, -0.1) is 0 Å². The molecule has 2 rings (SSSR count). The molecule has 0 atom stereocenters. The van der Waals surface area contributed by atoms with E-state index in [0.717, 1.165) is 12.1 Å². The van der Waals surface area contributed by atoms with Gasteiger partial charge in [-0.3, -0.25) is 0 Å². The summed E-state index contributed by atoms with van der Waals surface area (Å²) >= 11 is 11.8. The Hall–Kier alpha value is -1.27. The average molecular weight is 315 g/mol. The smallest absolute Gasteiger partial charge is 0.488 e. The average Bonchev–Trinajstić information content (AvgIpc) is 2.37. The van der Waals surface area contributed by atoms with Crippen LogP contribution in [0.3, 0.4) is 0 Å². The Morgan fingerprint density at radius 1 is 1.10 bits per heavy atom. The number of hydrogen-bond donors (Lipinski definition) is 2. The van der Waals surface area contributed by atoms with Gasteiger partial charge in [-0.05, 0) is 29.7 Å². The van der Waals surface area contributed by atoms with Crippen LogP contribution in [0, 0.1) is 5.82 Å². The highest BCUT2D eigenvalue weighted by molar-refractivity contribution is 6.58. The Morgan fingerprint density at radius 2 is 1.85 bits per heavy atom. The lowest BCUT2D eigenvalue weighted by Gasteiger charge is -2.10. The molecule has 2 N–H and O–H groups in total. The van der Waals surface area contributed by atoms with Crippen LogP contribution < -0.4 is 10.2 Å². The van der Waals surface area contributed by atoms with Crippen molar-refractivity contribution >= 4 is 35.8 Å². The van der Waals surface area contributed by atoms with E-state index in [1.54, 1.807) is 18.2 Å². The van der Waals surface area contributed by atoms with Crippen molar-refractivity contribution in [3.63, 3.8) is 0 Å². The minimum Gasteiger partial charge on any atom is -0.489 e. The van der Waals surface area contributed by atoms with E-state index in [1.807, 2.05) is 0 Å². The van der Waals surface area contributed by atoms with Crippen molar-refractivity contribution in [1.82, 2.24) is 0 Å². The highest BCUT2D eigenvalue weighted by atomic mass is 35.5. The second-order valence-electron chi connectivity index (χ2n) is 4.12. The van der Waals surface area contributed by atoms with E-state index in [0.29, 0.717) is 15.6 Å². The Balaban J connectivity index is 2.14. The van der Waals surface area contributed by atoms with E-state index in [2.05, 4.69) is 0 Å². The van der Waals surface area contributed by atoms with Crippen molar-refractivity contribution in [3.8, 4) is 5.75 Å². The topological polar surface area (TPSA) is 49.7 Å². The fourth-order valence-electron chi connectivity index (χ4n) is 1.62. The summed E-state index contributed by atoms with van der Waals surface area (Å²) in [4.78, 5) is 0. The lowest BCUT2D eigenvalue weighted by molar-refractivity contribution is 0.304. The molecule has 0 amide bonds. The van der Waals surface area contributed by atoms with Crippen LogP contribution in [0.4, 0.5) is 4.39 Å². The van der Waals surface area contributed by atoms with Crippen LogP contribution in [0.25, 0.3) is 0 Å². The zero-order chi connectivity index (χ0) is 14.7. The van der Waals surface area contributed by atoms with Crippen LogP contribution in [0.1, 0.15) is 5.56 Å². The maximum absolute atomic E-state index is 13.3. The molecule has 0 saturated carbocycles. The number of benzene rings is 2. The van der Waals surface area contributed by atoms with Gasteiger partial charge in [0.15, 0.2) is 0 Å². The second kappa shape index (κ2) is 6.46.